The molecule has 1 atom stereocenters. The smallest absolute Gasteiger partial charge is 0.252 e. The lowest BCUT2D eigenvalue weighted by Gasteiger charge is -2.16. The minimum absolute atomic E-state index is 0.0849. The summed E-state index contributed by atoms with van der Waals surface area (Å²) < 4.78 is 16.6. The van der Waals surface area contributed by atoms with Crippen LogP contribution in [0.1, 0.15) is 55.6 Å². The van der Waals surface area contributed by atoms with Crippen LogP contribution in [0.25, 0.3) is 22.4 Å². The van der Waals surface area contributed by atoms with Crippen molar-refractivity contribution in [2.75, 3.05) is 14.2 Å². The topological polar surface area (TPSA) is 73.6 Å². The summed E-state index contributed by atoms with van der Waals surface area (Å²) >= 11 is 0. The summed E-state index contributed by atoms with van der Waals surface area (Å²) in [6, 6.07) is 9.19. The molecule has 2 heterocycles. The van der Waals surface area contributed by atoms with E-state index in [1.165, 1.54) is 0 Å². The molecule has 0 aliphatic carbocycles. The van der Waals surface area contributed by atoms with Gasteiger partial charge in [-0.15, -0.1) is 0 Å². The largest absolute Gasteiger partial charge is 0.493 e. The van der Waals surface area contributed by atoms with Crippen molar-refractivity contribution in [3.8, 4) is 23.0 Å². The van der Waals surface area contributed by atoms with Crippen LogP contribution in [0.4, 0.5) is 0 Å². The van der Waals surface area contributed by atoms with Crippen molar-refractivity contribution in [1.29, 1.82) is 0 Å². The molecule has 0 bridgehead atoms. The number of nitrogens with zero attached hydrogens (tertiary/aromatic N) is 1. The van der Waals surface area contributed by atoms with E-state index in [2.05, 4.69) is 12.2 Å². The molecule has 0 unspecified atom stereocenters. The molecule has 0 saturated heterocycles. The van der Waals surface area contributed by atoms with Gasteiger partial charge in [-0.3, -0.25) is 4.79 Å². The molecule has 0 saturated carbocycles. The number of methoxy groups -OCH3 is 2. The van der Waals surface area contributed by atoms with E-state index in [-0.39, 0.29) is 11.9 Å². The van der Waals surface area contributed by atoms with Crippen LogP contribution in [0.2, 0.25) is 0 Å². The summed E-state index contributed by atoms with van der Waals surface area (Å²) in [5.74, 6) is 2.38. The van der Waals surface area contributed by atoms with E-state index in [1.54, 1.807) is 32.4 Å². The van der Waals surface area contributed by atoms with E-state index >= 15 is 0 Å². The van der Waals surface area contributed by atoms with Crippen LogP contribution in [0, 0.1) is 6.92 Å². The van der Waals surface area contributed by atoms with Gasteiger partial charge in [-0.05, 0) is 44.5 Å². The maximum absolute atomic E-state index is 13.2. The highest BCUT2D eigenvalue weighted by Crippen LogP contribution is 2.35. The molecule has 0 spiro atoms. The van der Waals surface area contributed by atoms with Crippen molar-refractivity contribution in [1.82, 2.24) is 10.3 Å². The Hall–Kier alpha value is -3.02. The van der Waals surface area contributed by atoms with Gasteiger partial charge >= 0.3 is 0 Å². The average molecular weight is 411 g/mol. The molecule has 0 aliphatic rings. The highest BCUT2D eigenvalue weighted by atomic mass is 16.5. The summed E-state index contributed by atoms with van der Waals surface area (Å²) in [6.07, 6.45) is 4.36. The Kier molecular flexibility index (Phi) is 6.98. The van der Waals surface area contributed by atoms with E-state index < -0.39 is 0 Å². The summed E-state index contributed by atoms with van der Waals surface area (Å²) in [6.45, 7) is 6.09. The lowest BCUT2D eigenvalue weighted by molar-refractivity contribution is 0.0939. The van der Waals surface area contributed by atoms with Crippen LogP contribution >= 0.6 is 0 Å². The number of carbonyl (C=O) groups is 1. The normalized spacial score (nSPS) is 12.0. The summed E-state index contributed by atoms with van der Waals surface area (Å²) in [5, 5.41) is 3.83. The Balaban J connectivity index is 2.06. The van der Waals surface area contributed by atoms with E-state index in [0.717, 1.165) is 31.4 Å². The third-order valence-electron chi connectivity index (χ3n) is 5.17. The van der Waals surface area contributed by atoms with Gasteiger partial charge in [-0.25, -0.2) is 4.98 Å². The van der Waals surface area contributed by atoms with Crippen molar-refractivity contribution in [2.24, 2.45) is 0 Å². The standard InChI is InChI=1S/C24H30N2O4/c1-6-7-8-9-15(2)25-24(27)18-12-20(21-11-10-16(3)30-21)26-19-14-23(29-5)22(28-4)13-17(18)19/h10-15H,6-9H2,1-5H3,(H,25,27)/t15-/m1/s1. The molecule has 160 valence electrons. The van der Waals surface area contributed by atoms with Gasteiger partial charge < -0.3 is 19.2 Å². The van der Waals surface area contributed by atoms with Gasteiger partial charge in [0.2, 0.25) is 0 Å². The first-order chi connectivity index (χ1) is 14.5. The number of rotatable bonds is 9. The number of nitrogens with one attached hydrogen (secondary N) is 1. The summed E-state index contributed by atoms with van der Waals surface area (Å²) in [7, 11) is 3.15. The number of amides is 1. The number of hydrogen-bond donors (Lipinski definition) is 1. The highest BCUT2D eigenvalue weighted by Gasteiger charge is 2.19. The Bertz CT molecular complexity index is 1030. The van der Waals surface area contributed by atoms with Crippen molar-refractivity contribution in [3.05, 3.63) is 41.7 Å². The molecular formula is C24H30N2O4. The fourth-order valence-electron chi connectivity index (χ4n) is 3.51. The molecular weight excluding hydrogens is 380 g/mol. The molecule has 0 radical (unpaired) electrons. The first kappa shape index (κ1) is 21.7. The third-order valence-corrected chi connectivity index (χ3v) is 5.17. The zero-order valence-electron chi connectivity index (χ0n) is 18.4. The lowest BCUT2D eigenvalue weighted by atomic mass is 10.0. The van der Waals surface area contributed by atoms with Gasteiger partial charge in [-0.2, -0.15) is 0 Å². The molecule has 1 N–H and O–H groups in total. The number of ether oxygens (including phenoxy) is 2. The molecule has 0 aliphatic heterocycles. The van der Waals surface area contributed by atoms with E-state index in [9.17, 15) is 4.79 Å². The molecule has 1 amide bonds. The molecule has 6 nitrogen and oxygen atoms in total. The van der Waals surface area contributed by atoms with Crippen LogP contribution in [-0.2, 0) is 0 Å². The Morgan fingerprint density at radius 2 is 1.87 bits per heavy atom. The van der Waals surface area contributed by atoms with Gasteiger partial charge in [0, 0.05) is 17.5 Å². The number of carbonyl (C=O) groups excluding carboxylic acids is 1. The van der Waals surface area contributed by atoms with Crippen molar-refractivity contribution in [2.45, 2.75) is 52.5 Å². The van der Waals surface area contributed by atoms with Gasteiger partial charge in [0.15, 0.2) is 17.3 Å². The number of pyridine rings is 1. The fourth-order valence-corrected chi connectivity index (χ4v) is 3.51. The molecule has 3 rings (SSSR count). The second-order valence-corrected chi connectivity index (χ2v) is 7.56. The maximum Gasteiger partial charge on any atom is 0.252 e. The van der Waals surface area contributed by atoms with Crippen LogP contribution in [-0.4, -0.2) is 31.2 Å². The SMILES string of the molecule is CCCCC[C@@H](C)NC(=O)c1cc(-c2ccc(C)o2)nc2cc(OC)c(OC)cc12. The van der Waals surface area contributed by atoms with Gasteiger partial charge in [0.05, 0.1) is 25.3 Å². The van der Waals surface area contributed by atoms with Crippen LogP contribution in [0.5, 0.6) is 11.5 Å². The van der Waals surface area contributed by atoms with E-state index in [1.807, 2.05) is 26.0 Å². The van der Waals surface area contributed by atoms with E-state index in [0.29, 0.717) is 39.4 Å². The maximum atomic E-state index is 13.2. The van der Waals surface area contributed by atoms with Crippen molar-refractivity contribution in [3.63, 3.8) is 0 Å². The molecule has 6 heteroatoms. The number of aryl methyl sites for hydroxylation is 1. The Morgan fingerprint density at radius 1 is 1.13 bits per heavy atom. The Labute approximate surface area is 177 Å². The monoisotopic (exact) mass is 410 g/mol. The first-order valence-corrected chi connectivity index (χ1v) is 10.4. The number of aromatic nitrogens is 1. The zero-order chi connectivity index (χ0) is 21.7. The van der Waals surface area contributed by atoms with Crippen LogP contribution < -0.4 is 14.8 Å². The highest BCUT2D eigenvalue weighted by molar-refractivity contribution is 6.08. The first-order valence-electron chi connectivity index (χ1n) is 10.4. The fraction of sp³-hybridized carbons (Fsp3) is 0.417. The van der Waals surface area contributed by atoms with Crippen molar-refractivity contribution >= 4 is 16.8 Å². The molecule has 1 aromatic carbocycles. The Morgan fingerprint density at radius 3 is 2.50 bits per heavy atom. The number of unbranched alkanes of at least 4 members (excludes halogenated alkanes) is 2. The summed E-state index contributed by atoms with van der Waals surface area (Å²) in [5.41, 5.74) is 1.78. The predicted molar refractivity (Wildman–Crippen MR) is 118 cm³/mol. The molecule has 0 fully saturated rings. The predicted octanol–water partition coefficient (Wildman–Crippen LogP) is 5.52. The molecule has 3 aromatic rings. The van der Waals surface area contributed by atoms with Gasteiger partial charge in [-0.1, -0.05) is 26.2 Å². The van der Waals surface area contributed by atoms with Crippen molar-refractivity contribution < 1.29 is 18.7 Å². The van der Waals surface area contributed by atoms with Gasteiger partial charge in [0.25, 0.3) is 5.91 Å². The lowest BCUT2D eigenvalue weighted by Crippen LogP contribution is -2.32. The number of fused-ring (bicyclic) bond motifs is 1. The summed E-state index contributed by atoms with van der Waals surface area (Å²) in [4.78, 5) is 17.9. The third kappa shape index (κ3) is 4.75. The van der Waals surface area contributed by atoms with Crippen LogP contribution in [0.3, 0.4) is 0 Å². The number of hydrogen-bond acceptors (Lipinski definition) is 5. The second kappa shape index (κ2) is 9.65. The second-order valence-electron chi connectivity index (χ2n) is 7.56. The number of furan rings is 1. The molecule has 2 aromatic heterocycles. The number of benzene rings is 1. The van der Waals surface area contributed by atoms with Crippen LogP contribution in [0.15, 0.2) is 34.7 Å². The van der Waals surface area contributed by atoms with Gasteiger partial charge in [0.1, 0.15) is 11.5 Å². The quantitative estimate of drug-likeness (QED) is 0.470. The minimum atomic E-state index is -0.136. The van der Waals surface area contributed by atoms with E-state index in [4.69, 9.17) is 18.9 Å². The minimum Gasteiger partial charge on any atom is -0.493 e. The molecule has 30 heavy (non-hydrogen) atoms. The average Bonchev–Trinajstić information content (AvgIpc) is 3.18. The zero-order valence-corrected chi connectivity index (χ0v) is 18.4.